The Kier molecular flexibility index (Phi) is 3.93. The van der Waals surface area contributed by atoms with Crippen LogP contribution >= 0.6 is 11.3 Å². The first-order chi connectivity index (χ1) is 10.8. The number of hydrogen-bond donors (Lipinski definition) is 1. The van der Waals surface area contributed by atoms with Crippen molar-refractivity contribution in [3.05, 3.63) is 28.8 Å². The summed E-state index contributed by atoms with van der Waals surface area (Å²) in [6.45, 7) is 0.767. The summed E-state index contributed by atoms with van der Waals surface area (Å²) in [6.07, 6.45) is -4.44. The Bertz CT molecular complexity index is 738. The molecule has 1 fully saturated rings. The van der Waals surface area contributed by atoms with Crippen LogP contribution in [0.4, 0.5) is 13.2 Å². The van der Waals surface area contributed by atoms with Crippen molar-refractivity contribution in [2.45, 2.75) is 18.7 Å². The first-order valence-electron chi connectivity index (χ1n) is 6.94. The van der Waals surface area contributed by atoms with Gasteiger partial charge in [-0.2, -0.15) is 18.3 Å². The molecule has 1 atom stereocenters. The van der Waals surface area contributed by atoms with E-state index >= 15 is 0 Å². The number of rotatable bonds is 2. The van der Waals surface area contributed by atoms with Gasteiger partial charge in [-0.1, -0.05) is 0 Å². The Morgan fingerprint density at radius 2 is 2.17 bits per heavy atom. The van der Waals surface area contributed by atoms with Gasteiger partial charge in [0.2, 0.25) is 0 Å². The van der Waals surface area contributed by atoms with Crippen LogP contribution in [-0.2, 0) is 13.2 Å². The lowest BCUT2D eigenvalue weighted by Crippen LogP contribution is -2.28. The van der Waals surface area contributed by atoms with Crippen molar-refractivity contribution in [3.8, 4) is 10.6 Å². The molecule has 0 saturated carbocycles. The van der Waals surface area contributed by atoms with Crippen LogP contribution in [0.5, 0.6) is 0 Å². The maximum Gasteiger partial charge on any atom is 0.433 e. The number of β-amino-alcohol motifs (C(OH)–C–C–N with tert-alkyl or cyclic N) is 1. The Labute approximate surface area is 133 Å². The van der Waals surface area contributed by atoms with Gasteiger partial charge in [-0.25, -0.2) is 0 Å². The molecular weight excluding hydrogens is 331 g/mol. The standard InChI is InChI=1S/C14H14F3N3O2S/c1-19-12(14(15,16)17)6-9(18-19)10-2-3-11(23-10)13(22)20-5-4-8(21)7-20/h2-3,6,8,21H,4-5,7H2,1H3. The number of aliphatic hydroxyl groups excluding tert-OH is 1. The minimum Gasteiger partial charge on any atom is -0.391 e. The molecule has 0 aromatic carbocycles. The molecule has 1 unspecified atom stereocenters. The Morgan fingerprint density at radius 1 is 1.43 bits per heavy atom. The van der Waals surface area contributed by atoms with E-state index < -0.39 is 18.0 Å². The first kappa shape index (κ1) is 16.0. The smallest absolute Gasteiger partial charge is 0.391 e. The van der Waals surface area contributed by atoms with Crippen molar-refractivity contribution in [2.75, 3.05) is 13.1 Å². The van der Waals surface area contributed by atoms with Crippen molar-refractivity contribution in [3.63, 3.8) is 0 Å². The zero-order valence-corrected chi connectivity index (χ0v) is 13.0. The third-order valence-corrected chi connectivity index (χ3v) is 4.79. The van der Waals surface area contributed by atoms with E-state index in [0.29, 0.717) is 22.7 Å². The van der Waals surface area contributed by atoms with Crippen LogP contribution in [0.15, 0.2) is 18.2 Å². The number of thiophene rings is 1. The van der Waals surface area contributed by atoms with Gasteiger partial charge < -0.3 is 10.0 Å². The van der Waals surface area contributed by atoms with Crippen LogP contribution in [0.2, 0.25) is 0 Å². The molecule has 2 aromatic heterocycles. The number of alkyl halides is 3. The van der Waals surface area contributed by atoms with Gasteiger partial charge in [0.15, 0.2) is 0 Å². The fourth-order valence-electron chi connectivity index (χ4n) is 2.53. The second-order valence-corrected chi connectivity index (χ2v) is 6.48. The van der Waals surface area contributed by atoms with Gasteiger partial charge in [0.05, 0.1) is 15.9 Å². The maximum atomic E-state index is 12.8. The molecule has 2 aromatic rings. The van der Waals surface area contributed by atoms with Crippen LogP contribution in [-0.4, -0.2) is 44.9 Å². The number of halogens is 3. The number of aromatic nitrogens is 2. The Morgan fingerprint density at radius 3 is 2.74 bits per heavy atom. The predicted molar refractivity (Wildman–Crippen MR) is 78.1 cm³/mol. The lowest BCUT2D eigenvalue weighted by molar-refractivity contribution is -0.143. The fourth-order valence-corrected chi connectivity index (χ4v) is 3.46. The van der Waals surface area contributed by atoms with Crippen molar-refractivity contribution >= 4 is 17.2 Å². The van der Waals surface area contributed by atoms with E-state index in [2.05, 4.69) is 5.10 Å². The molecule has 1 aliphatic heterocycles. The van der Waals surface area contributed by atoms with Crippen LogP contribution in [0, 0.1) is 0 Å². The van der Waals surface area contributed by atoms with Gasteiger partial charge in [0.25, 0.3) is 5.91 Å². The van der Waals surface area contributed by atoms with E-state index in [1.165, 1.54) is 7.05 Å². The van der Waals surface area contributed by atoms with Crippen LogP contribution in [0.1, 0.15) is 21.8 Å². The molecule has 9 heteroatoms. The maximum absolute atomic E-state index is 12.8. The lowest BCUT2D eigenvalue weighted by atomic mass is 10.3. The molecule has 124 valence electrons. The van der Waals surface area contributed by atoms with Gasteiger partial charge in [-0.15, -0.1) is 11.3 Å². The van der Waals surface area contributed by atoms with E-state index in [4.69, 9.17) is 0 Å². The summed E-state index contributed by atoms with van der Waals surface area (Å²) in [5.74, 6) is -0.218. The SMILES string of the molecule is Cn1nc(-c2ccc(C(=O)N3CCC(O)C3)s2)cc1C(F)(F)F. The Balaban J connectivity index is 1.84. The molecule has 3 rings (SSSR count). The molecule has 0 aliphatic carbocycles. The van der Waals surface area contributed by atoms with E-state index in [-0.39, 0.29) is 18.1 Å². The highest BCUT2D eigenvalue weighted by molar-refractivity contribution is 7.17. The van der Waals surface area contributed by atoms with Crippen LogP contribution < -0.4 is 0 Å². The summed E-state index contributed by atoms with van der Waals surface area (Å²) in [5.41, 5.74) is -0.651. The quantitative estimate of drug-likeness (QED) is 0.909. The van der Waals surface area contributed by atoms with E-state index in [1.54, 1.807) is 17.0 Å². The van der Waals surface area contributed by atoms with E-state index in [1.807, 2.05) is 0 Å². The second kappa shape index (κ2) is 5.64. The number of aryl methyl sites for hydroxylation is 1. The number of carbonyl (C=O) groups is 1. The lowest BCUT2D eigenvalue weighted by Gasteiger charge is -2.13. The topological polar surface area (TPSA) is 58.4 Å². The minimum atomic E-state index is -4.47. The van der Waals surface area contributed by atoms with Crippen molar-refractivity contribution in [1.82, 2.24) is 14.7 Å². The summed E-state index contributed by atoms with van der Waals surface area (Å²) in [4.78, 5) is 14.8. The summed E-state index contributed by atoms with van der Waals surface area (Å²) in [6, 6.07) is 4.14. The summed E-state index contributed by atoms with van der Waals surface area (Å²) < 4.78 is 39.2. The normalized spacial score (nSPS) is 18.7. The third-order valence-electron chi connectivity index (χ3n) is 3.69. The number of nitrogens with zero attached hydrogens (tertiary/aromatic N) is 3. The van der Waals surface area contributed by atoms with Crippen molar-refractivity contribution < 1.29 is 23.1 Å². The second-order valence-electron chi connectivity index (χ2n) is 5.39. The largest absolute Gasteiger partial charge is 0.433 e. The molecule has 3 heterocycles. The minimum absolute atomic E-state index is 0.185. The zero-order chi connectivity index (χ0) is 16.8. The molecule has 5 nitrogen and oxygen atoms in total. The van der Waals surface area contributed by atoms with Gasteiger partial charge >= 0.3 is 6.18 Å². The number of amides is 1. The number of aliphatic hydroxyl groups is 1. The van der Waals surface area contributed by atoms with Crippen LogP contribution in [0.3, 0.4) is 0 Å². The summed E-state index contributed by atoms with van der Waals surface area (Å²) >= 11 is 1.10. The van der Waals surface area contributed by atoms with Crippen molar-refractivity contribution in [1.29, 1.82) is 0 Å². The number of likely N-dealkylation sites (tertiary alicyclic amines) is 1. The molecule has 23 heavy (non-hydrogen) atoms. The Hall–Kier alpha value is -1.87. The average molecular weight is 345 g/mol. The fraction of sp³-hybridized carbons (Fsp3) is 0.429. The third kappa shape index (κ3) is 3.11. The number of carbonyl (C=O) groups excluding carboxylic acids is 1. The highest BCUT2D eigenvalue weighted by Gasteiger charge is 2.35. The molecule has 0 radical (unpaired) electrons. The zero-order valence-electron chi connectivity index (χ0n) is 12.2. The average Bonchev–Trinajstić information content (AvgIpc) is 3.15. The summed E-state index contributed by atoms with van der Waals surface area (Å²) in [5, 5.41) is 13.4. The van der Waals surface area contributed by atoms with E-state index in [0.717, 1.165) is 22.1 Å². The molecule has 1 saturated heterocycles. The highest BCUT2D eigenvalue weighted by atomic mass is 32.1. The molecular formula is C14H14F3N3O2S. The highest BCUT2D eigenvalue weighted by Crippen LogP contribution is 2.34. The van der Waals surface area contributed by atoms with Gasteiger partial charge in [0, 0.05) is 20.1 Å². The molecule has 0 spiro atoms. The first-order valence-corrected chi connectivity index (χ1v) is 7.76. The molecule has 1 aliphatic rings. The van der Waals surface area contributed by atoms with Gasteiger partial charge in [-0.05, 0) is 24.6 Å². The summed E-state index contributed by atoms with van der Waals surface area (Å²) in [7, 11) is 1.23. The number of hydrogen-bond acceptors (Lipinski definition) is 4. The molecule has 1 amide bonds. The van der Waals surface area contributed by atoms with Crippen molar-refractivity contribution in [2.24, 2.45) is 7.05 Å². The van der Waals surface area contributed by atoms with Gasteiger partial charge in [0.1, 0.15) is 11.4 Å². The van der Waals surface area contributed by atoms with E-state index in [9.17, 15) is 23.1 Å². The van der Waals surface area contributed by atoms with Gasteiger partial charge in [-0.3, -0.25) is 9.48 Å². The monoisotopic (exact) mass is 345 g/mol. The van der Waals surface area contributed by atoms with Crippen LogP contribution in [0.25, 0.3) is 10.6 Å². The predicted octanol–water partition coefficient (Wildman–Crippen LogP) is 2.37. The molecule has 0 bridgehead atoms. The molecule has 1 N–H and O–H groups in total.